The summed E-state index contributed by atoms with van der Waals surface area (Å²) in [5, 5.41) is 0. The fourth-order valence-corrected chi connectivity index (χ4v) is 4.88. The number of halogens is 3. The number of benzene rings is 2. The minimum Gasteiger partial charge on any atom is -0.262 e. The molecule has 0 bridgehead atoms. The van der Waals surface area contributed by atoms with E-state index in [9.17, 15) is 21.6 Å². The molecule has 3 rings (SSSR count). The van der Waals surface area contributed by atoms with E-state index in [-0.39, 0.29) is 11.3 Å². The van der Waals surface area contributed by atoms with E-state index in [4.69, 9.17) is 0 Å². The van der Waals surface area contributed by atoms with E-state index in [2.05, 4.69) is 0 Å². The SMILES string of the molecule is Cc1ccc(S(=O)(=O)N2c3ccc(C)cc3CC2CC(F)(F)F)cc1. The highest BCUT2D eigenvalue weighted by molar-refractivity contribution is 7.92. The minimum atomic E-state index is -4.44. The van der Waals surface area contributed by atoms with Crippen molar-refractivity contribution in [2.75, 3.05) is 4.31 Å². The molecule has 1 aliphatic rings. The number of anilines is 1. The number of sulfonamides is 1. The molecule has 0 radical (unpaired) electrons. The molecule has 134 valence electrons. The second-order valence-corrected chi connectivity index (χ2v) is 8.24. The summed E-state index contributed by atoms with van der Waals surface area (Å²) in [6.45, 7) is 3.65. The molecule has 1 heterocycles. The molecule has 2 aromatic rings. The van der Waals surface area contributed by atoms with E-state index >= 15 is 0 Å². The van der Waals surface area contributed by atoms with Crippen molar-refractivity contribution in [1.82, 2.24) is 0 Å². The largest absolute Gasteiger partial charge is 0.391 e. The molecule has 0 saturated heterocycles. The summed E-state index contributed by atoms with van der Waals surface area (Å²) in [7, 11) is -4.07. The van der Waals surface area contributed by atoms with Gasteiger partial charge in [0.15, 0.2) is 0 Å². The summed E-state index contributed by atoms with van der Waals surface area (Å²) in [6.07, 6.45) is -5.56. The predicted molar refractivity (Wildman–Crippen MR) is 90.2 cm³/mol. The van der Waals surface area contributed by atoms with Crippen LogP contribution in [0.2, 0.25) is 0 Å². The Kier molecular flexibility index (Phi) is 4.31. The Hall–Kier alpha value is -2.02. The lowest BCUT2D eigenvalue weighted by Gasteiger charge is -2.27. The fraction of sp³-hybridized carbons (Fsp3) is 0.333. The van der Waals surface area contributed by atoms with Gasteiger partial charge in [0.05, 0.1) is 23.0 Å². The van der Waals surface area contributed by atoms with Gasteiger partial charge in [-0.2, -0.15) is 13.2 Å². The van der Waals surface area contributed by atoms with Crippen LogP contribution in [-0.2, 0) is 16.4 Å². The summed E-state index contributed by atoms with van der Waals surface area (Å²) in [5.74, 6) is 0. The Bertz CT molecular complexity index is 890. The van der Waals surface area contributed by atoms with Gasteiger partial charge in [-0.15, -0.1) is 0 Å². The lowest BCUT2D eigenvalue weighted by Crippen LogP contribution is -2.40. The van der Waals surface area contributed by atoms with Crippen LogP contribution >= 0.6 is 0 Å². The van der Waals surface area contributed by atoms with Gasteiger partial charge in [0.2, 0.25) is 0 Å². The molecule has 0 aliphatic carbocycles. The first-order chi connectivity index (χ1) is 11.6. The molecule has 0 spiro atoms. The molecular formula is C18H18F3NO2S. The van der Waals surface area contributed by atoms with Gasteiger partial charge in [-0.05, 0) is 44.0 Å². The van der Waals surface area contributed by atoms with E-state index in [1.165, 1.54) is 12.1 Å². The van der Waals surface area contributed by atoms with Gasteiger partial charge in [-0.3, -0.25) is 4.31 Å². The maximum atomic E-state index is 13.0. The maximum Gasteiger partial charge on any atom is 0.391 e. The molecule has 7 heteroatoms. The number of fused-ring (bicyclic) bond motifs is 1. The molecule has 0 amide bonds. The van der Waals surface area contributed by atoms with Crippen LogP contribution in [0.25, 0.3) is 0 Å². The zero-order valence-electron chi connectivity index (χ0n) is 13.8. The second-order valence-electron chi connectivity index (χ2n) is 6.42. The third kappa shape index (κ3) is 3.51. The van der Waals surface area contributed by atoms with Gasteiger partial charge in [0.25, 0.3) is 10.0 Å². The Labute approximate surface area is 145 Å². The summed E-state index contributed by atoms with van der Waals surface area (Å²) in [5.41, 5.74) is 2.73. The molecule has 2 aromatic carbocycles. The summed E-state index contributed by atoms with van der Waals surface area (Å²) < 4.78 is 66.1. The molecule has 0 fully saturated rings. The van der Waals surface area contributed by atoms with Crippen molar-refractivity contribution < 1.29 is 21.6 Å². The molecule has 0 N–H and O–H groups in total. The zero-order valence-corrected chi connectivity index (χ0v) is 14.7. The van der Waals surface area contributed by atoms with Crippen molar-refractivity contribution >= 4 is 15.7 Å². The van der Waals surface area contributed by atoms with Gasteiger partial charge < -0.3 is 0 Å². The summed E-state index contributed by atoms with van der Waals surface area (Å²) in [6, 6.07) is 10.0. The normalized spacial score (nSPS) is 17.6. The van der Waals surface area contributed by atoms with Crippen LogP contribution in [0.1, 0.15) is 23.1 Å². The van der Waals surface area contributed by atoms with Crippen molar-refractivity contribution in [3.63, 3.8) is 0 Å². The fourth-order valence-electron chi connectivity index (χ4n) is 3.20. The Morgan fingerprint density at radius 3 is 2.24 bits per heavy atom. The van der Waals surface area contributed by atoms with Crippen LogP contribution < -0.4 is 4.31 Å². The molecular weight excluding hydrogens is 351 g/mol. The van der Waals surface area contributed by atoms with Gasteiger partial charge in [-0.25, -0.2) is 8.42 Å². The van der Waals surface area contributed by atoms with Gasteiger partial charge >= 0.3 is 6.18 Å². The van der Waals surface area contributed by atoms with E-state index in [1.807, 2.05) is 13.8 Å². The standard InChI is InChI=1S/C18H18F3NO2S/c1-12-3-6-16(7-4-12)25(23,24)22-15(11-18(19,20)21)10-14-9-13(2)5-8-17(14)22/h3-9,15H,10-11H2,1-2H3. The van der Waals surface area contributed by atoms with Crippen molar-refractivity contribution in [3.8, 4) is 0 Å². The van der Waals surface area contributed by atoms with Crippen LogP contribution in [-0.4, -0.2) is 20.6 Å². The second kappa shape index (κ2) is 6.05. The number of hydrogen-bond donors (Lipinski definition) is 0. The Morgan fingerprint density at radius 1 is 1.04 bits per heavy atom. The average Bonchev–Trinajstić information content (AvgIpc) is 2.82. The molecule has 1 atom stereocenters. The third-order valence-electron chi connectivity index (χ3n) is 4.30. The zero-order chi connectivity index (χ0) is 18.4. The summed E-state index contributed by atoms with van der Waals surface area (Å²) in [4.78, 5) is -0.00120. The highest BCUT2D eigenvalue weighted by atomic mass is 32.2. The smallest absolute Gasteiger partial charge is 0.262 e. The first kappa shape index (κ1) is 17.8. The van der Waals surface area contributed by atoms with E-state index in [1.54, 1.807) is 30.3 Å². The molecule has 0 saturated carbocycles. The van der Waals surface area contributed by atoms with Crippen molar-refractivity contribution in [2.24, 2.45) is 0 Å². The van der Waals surface area contributed by atoms with Crippen LogP contribution in [0.15, 0.2) is 47.4 Å². The first-order valence-electron chi connectivity index (χ1n) is 7.85. The molecule has 3 nitrogen and oxygen atoms in total. The number of nitrogens with zero attached hydrogens (tertiary/aromatic N) is 1. The Morgan fingerprint density at radius 2 is 1.64 bits per heavy atom. The topological polar surface area (TPSA) is 37.4 Å². The van der Waals surface area contributed by atoms with Crippen LogP contribution in [0, 0.1) is 13.8 Å². The van der Waals surface area contributed by atoms with Gasteiger partial charge in [-0.1, -0.05) is 35.4 Å². The van der Waals surface area contributed by atoms with Crippen molar-refractivity contribution in [2.45, 2.75) is 43.8 Å². The van der Waals surface area contributed by atoms with Gasteiger partial charge in [0, 0.05) is 0 Å². The molecule has 0 aromatic heterocycles. The number of aryl methyl sites for hydroxylation is 2. The molecule has 25 heavy (non-hydrogen) atoms. The quantitative estimate of drug-likeness (QED) is 0.805. The molecule has 1 unspecified atom stereocenters. The maximum absolute atomic E-state index is 13.0. The average molecular weight is 369 g/mol. The van der Waals surface area contributed by atoms with Crippen LogP contribution in [0.4, 0.5) is 18.9 Å². The van der Waals surface area contributed by atoms with Crippen LogP contribution in [0.3, 0.4) is 0 Å². The van der Waals surface area contributed by atoms with Crippen molar-refractivity contribution in [1.29, 1.82) is 0 Å². The van der Waals surface area contributed by atoms with E-state index in [0.717, 1.165) is 15.4 Å². The predicted octanol–water partition coefficient (Wildman–Crippen LogP) is 4.38. The lowest BCUT2D eigenvalue weighted by molar-refractivity contribution is -0.137. The molecule has 1 aliphatic heterocycles. The number of rotatable bonds is 3. The first-order valence-corrected chi connectivity index (χ1v) is 9.29. The monoisotopic (exact) mass is 369 g/mol. The number of alkyl halides is 3. The third-order valence-corrected chi connectivity index (χ3v) is 6.19. The Balaban J connectivity index is 2.10. The van der Waals surface area contributed by atoms with E-state index in [0.29, 0.717) is 11.3 Å². The highest BCUT2D eigenvalue weighted by Gasteiger charge is 2.44. The highest BCUT2D eigenvalue weighted by Crippen LogP contribution is 2.41. The van der Waals surface area contributed by atoms with Gasteiger partial charge in [0.1, 0.15) is 0 Å². The minimum absolute atomic E-state index is 0.00120. The van der Waals surface area contributed by atoms with E-state index < -0.39 is 28.7 Å². The number of hydrogen-bond acceptors (Lipinski definition) is 2. The lowest BCUT2D eigenvalue weighted by atomic mass is 10.1. The summed E-state index contributed by atoms with van der Waals surface area (Å²) >= 11 is 0. The van der Waals surface area contributed by atoms with Crippen LogP contribution in [0.5, 0.6) is 0 Å². The van der Waals surface area contributed by atoms with Crippen molar-refractivity contribution in [3.05, 3.63) is 59.2 Å².